The molecule has 0 aliphatic rings. The Morgan fingerprint density at radius 2 is 1.52 bits per heavy atom. The fraction of sp³-hybridized carbons (Fsp3) is 0.238. The molecule has 154 valence electrons. The van der Waals surface area contributed by atoms with Gasteiger partial charge in [-0.2, -0.15) is 0 Å². The first-order chi connectivity index (χ1) is 13.9. The lowest BCUT2D eigenvalue weighted by molar-refractivity contribution is -0.146. The van der Waals surface area contributed by atoms with Gasteiger partial charge >= 0.3 is 11.9 Å². The molecule has 1 N–H and O–H groups in total. The minimum atomic E-state index is -0.826. The molecule has 2 rings (SSSR count). The first kappa shape index (κ1) is 22.6. The van der Waals surface area contributed by atoms with E-state index in [2.05, 4.69) is 5.32 Å². The molecule has 0 saturated heterocycles. The lowest BCUT2D eigenvalue weighted by Gasteiger charge is -2.17. The summed E-state index contributed by atoms with van der Waals surface area (Å²) < 4.78 is 15.3. The van der Waals surface area contributed by atoms with Crippen LogP contribution in [0.15, 0.2) is 48.0 Å². The van der Waals surface area contributed by atoms with Crippen molar-refractivity contribution in [3.8, 4) is 5.75 Å². The molecular weight excluding hydrogens is 417 g/mol. The van der Waals surface area contributed by atoms with Crippen molar-refractivity contribution in [3.63, 3.8) is 0 Å². The van der Waals surface area contributed by atoms with Crippen LogP contribution in [0.1, 0.15) is 19.4 Å². The Balaban J connectivity index is 2.67. The largest absolute Gasteiger partial charge is 0.497 e. The lowest BCUT2D eigenvalue weighted by Crippen LogP contribution is -2.22. The van der Waals surface area contributed by atoms with Gasteiger partial charge < -0.3 is 19.5 Å². The highest BCUT2D eigenvalue weighted by atomic mass is 35.5. The molecule has 29 heavy (non-hydrogen) atoms. The Bertz CT molecular complexity index is 890. The summed E-state index contributed by atoms with van der Waals surface area (Å²) in [5, 5.41) is 3.74. The van der Waals surface area contributed by atoms with Gasteiger partial charge in [0.15, 0.2) is 5.57 Å². The van der Waals surface area contributed by atoms with Gasteiger partial charge in [0.25, 0.3) is 0 Å². The van der Waals surface area contributed by atoms with Gasteiger partial charge in [-0.1, -0.05) is 23.2 Å². The van der Waals surface area contributed by atoms with Crippen LogP contribution in [-0.2, 0) is 19.1 Å². The molecule has 0 amide bonds. The molecule has 0 aliphatic carbocycles. The van der Waals surface area contributed by atoms with Crippen molar-refractivity contribution in [2.45, 2.75) is 13.8 Å². The van der Waals surface area contributed by atoms with Crippen molar-refractivity contribution in [1.29, 1.82) is 0 Å². The first-order valence-corrected chi connectivity index (χ1v) is 9.61. The van der Waals surface area contributed by atoms with Gasteiger partial charge in [-0.05, 0) is 56.3 Å². The number of ether oxygens (including phenoxy) is 3. The fourth-order valence-corrected chi connectivity index (χ4v) is 2.97. The van der Waals surface area contributed by atoms with Crippen molar-refractivity contribution < 1.29 is 23.8 Å². The van der Waals surface area contributed by atoms with Gasteiger partial charge in [0.1, 0.15) is 5.75 Å². The summed E-state index contributed by atoms with van der Waals surface area (Å²) >= 11 is 12.4. The van der Waals surface area contributed by atoms with E-state index < -0.39 is 11.9 Å². The molecular formula is C21H21Cl2NO5. The maximum absolute atomic E-state index is 12.6. The van der Waals surface area contributed by atoms with Crippen LogP contribution in [0.4, 0.5) is 5.69 Å². The van der Waals surface area contributed by atoms with Crippen LogP contribution < -0.4 is 10.1 Å². The summed E-state index contributed by atoms with van der Waals surface area (Å²) in [5.41, 5.74) is 0.836. The van der Waals surface area contributed by atoms with Crippen molar-refractivity contribution in [2.24, 2.45) is 0 Å². The van der Waals surface area contributed by atoms with E-state index >= 15 is 0 Å². The average molecular weight is 438 g/mol. The Kier molecular flexibility index (Phi) is 8.36. The topological polar surface area (TPSA) is 73.9 Å². The predicted octanol–water partition coefficient (Wildman–Crippen LogP) is 4.95. The smallest absolute Gasteiger partial charge is 0.347 e. The molecule has 0 saturated carbocycles. The molecule has 2 aromatic carbocycles. The predicted molar refractivity (Wildman–Crippen MR) is 113 cm³/mol. The highest BCUT2D eigenvalue weighted by molar-refractivity contribution is 6.36. The minimum absolute atomic E-state index is 0.0892. The summed E-state index contributed by atoms with van der Waals surface area (Å²) in [5.74, 6) is -0.998. The fourth-order valence-electron chi connectivity index (χ4n) is 2.47. The number of carbonyl (C=O) groups excluding carboxylic acids is 2. The van der Waals surface area contributed by atoms with E-state index in [0.29, 0.717) is 22.0 Å². The van der Waals surface area contributed by atoms with E-state index in [-0.39, 0.29) is 29.5 Å². The number of esters is 2. The molecule has 2 aromatic rings. The molecule has 0 radical (unpaired) electrons. The van der Waals surface area contributed by atoms with E-state index in [0.717, 1.165) is 0 Å². The lowest BCUT2D eigenvalue weighted by atomic mass is 10.1. The van der Waals surface area contributed by atoms with Crippen LogP contribution in [0.5, 0.6) is 5.75 Å². The highest BCUT2D eigenvalue weighted by Gasteiger charge is 2.28. The highest BCUT2D eigenvalue weighted by Crippen LogP contribution is 2.31. The number of hydrogen-bond acceptors (Lipinski definition) is 6. The average Bonchev–Trinajstić information content (AvgIpc) is 2.68. The number of anilines is 1. The van der Waals surface area contributed by atoms with E-state index in [4.69, 9.17) is 37.4 Å². The molecule has 0 bridgehead atoms. The zero-order valence-corrected chi connectivity index (χ0v) is 17.8. The second-order valence-corrected chi connectivity index (χ2v) is 6.51. The SMILES string of the molecule is CCOC(=O)C(C(=O)OCC)=C(Nc1ccc(OC)cc1)c1ccc(Cl)cc1Cl. The van der Waals surface area contributed by atoms with Crippen LogP contribution in [0.3, 0.4) is 0 Å². The van der Waals surface area contributed by atoms with Crippen molar-refractivity contribution >= 4 is 46.5 Å². The van der Waals surface area contributed by atoms with Gasteiger partial charge in [-0.25, -0.2) is 9.59 Å². The summed E-state index contributed by atoms with van der Waals surface area (Å²) in [7, 11) is 1.56. The quantitative estimate of drug-likeness (QED) is 0.272. The molecule has 6 nitrogen and oxygen atoms in total. The van der Waals surface area contributed by atoms with E-state index in [9.17, 15) is 9.59 Å². The molecule has 0 spiro atoms. The monoisotopic (exact) mass is 437 g/mol. The number of nitrogens with one attached hydrogen (secondary N) is 1. The Morgan fingerprint density at radius 1 is 0.931 bits per heavy atom. The maximum Gasteiger partial charge on any atom is 0.347 e. The summed E-state index contributed by atoms with van der Waals surface area (Å²) in [6.07, 6.45) is 0. The third kappa shape index (κ3) is 5.89. The molecule has 0 fully saturated rings. The number of rotatable bonds is 8. The number of benzene rings is 2. The molecule has 8 heteroatoms. The van der Waals surface area contributed by atoms with Crippen LogP contribution >= 0.6 is 23.2 Å². The van der Waals surface area contributed by atoms with Gasteiger partial charge in [0, 0.05) is 16.3 Å². The van der Waals surface area contributed by atoms with E-state index in [1.165, 1.54) is 6.07 Å². The van der Waals surface area contributed by atoms with Gasteiger partial charge in [0.2, 0.25) is 0 Å². The normalized spacial score (nSPS) is 10.1. The number of carbonyl (C=O) groups is 2. The third-order valence-electron chi connectivity index (χ3n) is 3.77. The van der Waals surface area contributed by atoms with Gasteiger partial charge in [-0.3, -0.25) is 0 Å². The Labute approximate surface area is 179 Å². The first-order valence-electron chi connectivity index (χ1n) is 8.86. The van der Waals surface area contributed by atoms with Crippen molar-refractivity contribution in [3.05, 3.63) is 63.6 Å². The van der Waals surface area contributed by atoms with Crippen LogP contribution in [-0.4, -0.2) is 32.3 Å². The van der Waals surface area contributed by atoms with Crippen molar-refractivity contribution in [2.75, 3.05) is 25.6 Å². The number of hydrogen-bond donors (Lipinski definition) is 1. The second kappa shape index (κ2) is 10.7. The zero-order valence-electron chi connectivity index (χ0n) is 16.3. The molecule has 0 heterocycles. The Morgan fingerprint density at radius 3 is 2.00 bits per heavy atom. The summed E-state index contributed by atoms with van der Waals surface area (Å²) in [6.45, 7) is 3.47. The summed E-state index contributed by atoms with van der Waals surface area (Å²) in [6, 6.07) is 11.7. The maximum atomic E-state index is 12.6. The van der Waals surface area contributed by atoms with Crippen LogP contribution in [0, 0.1) is 0 Å². The van der Waals surface area contributed by atoms with E-state index in [1.54, 1.807) is 57.4 Å². The van der Waals surface area contributed by atoms with Crippen molar-refractivity contribution in [1.82, 2.24) is 0 Å². The van der Waals surface area contributed by atoms with Gasteiger partial charge in [-0.15, -0.1) is 0 Å². The Hall–Kier alpha value is -2.70. The molecule has 0 unspecified atom stereocenters. The van der Waals surface area contributed by atoms with Crippen LogP contribution in [0.25, 0.3) is 5.70 Å². The molecule has 0 atom stereocenters. The molecule has 0 aromatic heterocycles. The third-order valence-corrected chi connectivity index (χ3v) is 4.32. The second-order valence-electron chi connectivity index (χ2n) is 5.67. The standard InChI is InChI=1S/C21H21Cl2NO5/c1-4-28-20(25)18(21(26)29-5-2)19(16-11-6-13(22)12-17(16)23)24-14-7-9-15(27-3)10-8-14/h6-12,24H,4-5H2,1-3H3. The zero-order chi connectivity index (χ0) is 21.4. The van der Waals surface area contributed by atoms with E-state index in [1.807, 2.05) is 0 Å². The van der Waals surface area contributed by atoms with Crippen LogP contribution in [0.2, 0.25) is 10.0 Å². The summed E-state index contributed by atoms with van der Waals surface area (Å²) in [4.78, 5) is 25.3. The number of methoxy groups -OCH3 is 1. The minimum Gasteiger partial charge on any atom is -0.497 e. The van der Waals surface area contributed by atoms with Gasteiger partial charge in [0.05, 0.1) is 31.0 Å². The molecule has 0 aliphatic heterocycles. The number of halogens is 2.